The fraction of sp³-hybridized carbons (Fsp3) is 0.222. The third kappa shape index (κ3) is 4.84. The minimum absolute atomic E-state index is 0.0225. The molecule has 174 valence electrons. The lowest BCUT2D eigenvalue weighted by Gasteiger charge is -2.17. The third-order valence-corrected chi connectivity index (χ3v) is 5.87. The van der Waals surface area contributed by atoms with Gasteiger partial charge < -0.3 is 14.8 Å². The number of carbonyl (C=O) groups is 1. The maximum atomic E-state index is 11.9. The SMILES string of the molecule is CCN(CC)Cc1ccc(N=C(c2ccncc2)c2c(O)[nH]c3cc(C(=O)OC)ccc23)cc1. The molecular weight excluding hydrogens is 428 g/mol. The van der Waals surface area contributed by atoms with Gasteiger partial charge in [-0.25, -0.2) is 9.79 Å². The quantitative estimate of drug-likeness (QED) is 0.285. The van der Waals surface area contributed by atoms with Gasteiger partial charge in [-0.3, -0.25) is 9.88 Å². The van der Waals surface area contributed by atoms with Crippen molar-refractivity contribution in [2.24, 2.45) is 4.99 Å². The van der Waals surface area contributed by atoms with E-state index in [2.05, 4.69) is 40.8 Å². The lowest BCUT2D eigenvalue weighted by molar-refractivity contribution is 0.0601. The van der Waals surface area contributed by atoms with Crippen molar-refractivity contribution in [3.63, 3.8) is 0 Å². The number of esters is 1. The minimum Gasteiger partial charge on any atom is -0.494 e. The molecule has 0 fully saturated rings. The molecule has 7 heteroatoms. The lowest BCUT2D eigenvalue weighted by atomic mass is 10.0. The summed E-state index contributed by atoms with van der Waals surface area (Å²) in [6.45, 7) is 7.20. The molecule has 0 unspecified atom stereocenters. The van der Waals surface area contributed by atoms with Crippen LogP contribution < -0.4 is 0 Å². The van der Waals surface area contributed by atoms with Crippen molar-refractivity contribution < 1.29 is 14.6 Å². The van der Waals surface area contributed by atoms with E-state index in [9.17, 15) is 9.90 Å². The molecule has 0 aliphatic rings. The highest BCUT2D eigenvalue weighted by atomic mass is 16.5. The maximum Gasteiger partial charge on any atom is 0.337 e. The predicted octanol–water partition coefficient (Wildman–Crippen LogP) is 5.07. The summed E-state index contributed by atoms with van der Waals surface area (Å²) in [6, 6.07) is 17.0. The van der Waals surface area contributed by atoms with Gasteiger partial charge in [-0.2, -0.15) is 0 Å². The molecule has 0 saturated carbocycles. The second kappa shape index (κ2) is 10.3. The van der Waals surface area contributed by atoms with Crippen LogP contribution in [0.2, 0.25) is 0 Å². The highest BCUT2D eigenvalue weighted by Crippen LogP contribution is 2.32. The van der Waals surface area contributed by atoms with Crippen LogP contribution in [-0.4, -0.2) is 51.9 Å². The van der Waals surface area contributed by atoms with Crippen LogP contribution in [0.25, 0.3) is 10.9 Å². The van der Waals surface area contributed by atoms with Crippen LogP contribution in [0.5, 0.6) is 5.88 Å². The summed E-state index contributed by atoms with van der Waals surface area (Å²) in [6.07, 6.45) is 3.39. The molecule has 0 saturated heterocycles. The number of hydrogen-bond acceptors (Lipinski definition) is 6. The third-order valence-electron chi connectivity index (χ3n) is 5.87. The number of hydrogen-bond donors (Lipinski definition) is 2. The molecule has 0 radical (unpaired) electrons. The van der Waals surface area contributed by atoms with Crippen molar-refractivity contribution in [2.75, 3.05) is 20.2 Å². The van der Waals surface area contributed by atoms with Crippen LogP contribution in [0.15, 0.2) is 72.0 Å². The monoisotopic (exact) mass is 456 g/mol. The number of carbonyl (C=O) groups excluding carboxylic acids is 1. The molecular formula is C27H28N4O3. The van der Waals surface area contributed by atoms with Gasteiger partial charge in [-0.15, -0.1) is 0 Å². The van der Waals surface area contributed by atoms with Crippen LogP contribution in [0.4, 0.5) is 5.69 Å². The van der Waals surface area contributed by atoms with Gasteiger partial charge in [0.2, 0.25) is 0 Å². The Balaban J connectivity index is 1.79. The number of nitrogens with zero attached hydrogens (tertiary/aromatic N) is 3. The smallest absolute Gasteiger partial charge is 0.337 e. The van der Waals surface area contributed by atoms with Crippen LogP contribution in [0.3, 0.4) is 0 Å². The largest absolute Gasteiger partial charge is 0.494 e. The van der Waals surface area contributed by atoms with Crippen LogP contribution >= 0.6 is 0 Å². The van der Waals surface area contributed by atoms with Crippen LogP contribution in [0.1, 0.15) is 40.9 Å². The number of rotatable bonds is 8. The molecule has 0 bridgehead atoms. The van der Waals surface area contributed by atoms with E-state index in [1.165, 1.54) is 12.7 Å². The van der Waals surface area contributed by atoms with E-state index < -0.39 is 5.97 Å². The number of H-pyrrole nitrogens is 1. The Morgan fingerprint density at radius 3 is 2.38 bits per heavy atom. The topological polar surface area (TPSA) is 90.8 Å². The summed E-state index contributed by atoms with van der Waals surface area (Å²) < 4.78 is 4.82. The number of fused-ring (bicyclic) bond motifs is 1. The Hall–Kier alpha value is -3.97. The van der Waals surface area contributed by atoms with Crippen LogP contribution in [-0.2, 0) is 11.3 Å². The molecule has 2 aromatic heterocycles. The molecule has 4 aromatic rings. The van der Waals surface area contributed by atoms with Crippen molar-refractivity contribution in [1.82, 2.24) is 14.9 Å². The van der Waals surface area contributed by atoms with E-state index in [0.29, 0.717) is 22.4 Å². The standard InChI is InChI=1S/C27H28N4O3/c1-4-31(5-2)17-18-6-9-21(10-7-18)29-25(19-12-14-28-15-13-19)24-22-11-8-20(27(33)34-3)16-23(22)30-26(24)32/h6-16,30,32H,4-5,17H2,1-3H3. The van der Waals surface area contributed by atoms with Crippen molar-refractivity contribution in [3.05, 3.63) is 89.2 Å². The van der Waals surface area contributed by atoms with E-state index in [4.69, 9.17) is 9.73 Å². The zero-order valence-corrected chi connectivity index (χ0v) is 19.6. The number of ether oxygens (including phenoxy) is 1. The highest BCUT2D eigenvalue weighted by Gasteiger charge is 2.20. The average molecular weight is 457 g/mol. The van der Waals surface area contributed by atoms with Gasteiger partial charge in [0.15, 0.2) is 5.88 Å². The first-order valence-electron chi connectivity index (χ1n) is 11.3. The molecule has 34 heavy (non-hydrogen) atoms. The number of aromatic hydroxyl groups is 1. The Labute approximate surface area is 198 Å². The number of aromatic nitrogens is 2. The molecule has 0 aliphatic heterocycles. The van der Waals surface area contributed by atoms with Gasteiger partial charge in [-0.05, 0) is 55.1 Å². The number of aromatic amines is 1. The summed E-state index contributed by atoms with van der Waals surface area (Å²) in [5.74, 6) is -0.462. The zero-order chi connectivity index (χ0) is 24.1. The maximum absolute atomic E-state index is 11.9. The van der Waals surface area contributed by atoms with Gasteiger partial charge in [-0.1, -0.05) is 32.0 Å². The first kappa shape index (κ1) is 23.2. The van der Waals surface area contributed by atoms with Gasteiger partial charge in [0.1, 0.15) is 0 Å². The Bertz CT molecular complexity index is 1310. The van der Waals surface area contributed by atoms with Gasteiger partial charge in [0.05, 0.1) is 29.6 Å². The number of pyridine rings is 1. The average Bonchev–Trinajstić information content (AvgIpc) is 3.21. The zero-order valence-electron chi connectivity index (χ0n) is 19.6. The molecule has 0 spiro atoms. The fourth-order valence-electron chi connectivity index (χ4n) is 3.95. The molecule has 2 heterocycles. The number of aliphatic imine (C=N–C) groups is 1. The summed E-state index contributed by atoms with van der Waals surface area (Å²) in [4.78, 5) is 26.3. The summed E-state index contributed by atoms with van der Waals surface area (Å²) in [7, 11) is 1.34. The van der Waals surface area contributed by atoms with Crippen molar-refractivity contribution in [1.29, 1.82) is 0 Å². The highest BCUT2D eigenvalue weighted by molar-refractivity contribution is 6.22. The predicted molar refractivity (Wildman–Crippen MR) is 134 cm³/mol. The molecule has 0 aliphatic carbocycles. The Morgan fingerprint density at radius 2 is 1.74 bits per heavy atom. The second-order valence-electron chi connectivity index (χ2n) is 7.92. The van der Waals surface area contributed by atoms with E-state index >= 15 is 0 Å². The first-order chi connectivity index (χ1) is 16.5. The van der Waals surface area contributed by atoms with Crippen molar-refractivity contribution >= 4 is 28.3 Å². The molecule has 2 aromatic carbocycles. The van der Waals surface area contributed by atoms with E-state index in [1.54, 1.807) is 30.6 Å². The van der Waals surface area contributed by atoms with E-state index in [-0.39, 0.29) is 5.88 Å². The van der Waals surface area contributed by atoms with Crippen molar-refractivity contribution in [2.45, 2.75) is 20.4 Å². The number of methoxy groups -OCH3 is 1. The molecule has 4 rings (SSSR count). The first-order valence-corrected chi connectivity index (χ1v) is 11.3. The fourth-order valence-corrected chi connectivity index (χ4v) is 3.95. The van der Waals surface area contributed by atoms with E-state index in [0.717, 1.165) is 36.3 Å². The van der Waals surface area contributed by atoms with Crippen LogP contribution in [0, 0.1) is 0 Å². The Morgan fingerprint density at radius 1 is 1.03 bits per heavy atom. The van der Waals surface area contributed by atoms with Gasteiger partial charge >= 0.3 is 5.97 Å². The van der Waals surface area contributed by atoms with E-state index in [1.807, 2.05) is 24.3 Å². The normalized spacial score (nSPS) is 11.8. The molecule has 0 amide bonds. The number of nitrogens with one attached hydrogen (secondary N) is 1. The molecule has 7 nitrogen and oxygen atoms in total. The lowest BCUT2D eigenvalue weighted by Crippen LogP contribution is -2.21. The van der Waals surface area contributed by atoms with Gasteiger partial charge in [0, 0.05) is 35.4 Å². The van der Waals surface area contributed by atoms with Crippen molar-refractivity contribution in [3.8, 4) is 5.88 Å². The van der Waals surface area contributed by atoms with Gasteiger partial charge in [0.25, 0.3) is 0 Å². The summed E-state index contributed by atoms with van der Waals surface area (Å²) in [5, 5.41) is 11.6. The summed E-state index contributed by atoms with van der Waals surface area (Å²) in [5.41, 5.74) is 4.99. The molecule has 0 atom stereocenters. The Kier molecular flexibility index (Phi) is 7.04. The summed E-state index contributed by atoms with van der Waals surface area (Å²) >= 11 is 0. The molecule has 2 N–H and O–H groups in total. The second-order valence-corrected chi connectivity index (χ2v) is 7.92. The number of benzene rings is 2. The minimum atomic E-state index is -0.439.